The molecule has 0 saturated heterocycles. The molecule has 0 radical (unpaired) electrons. The third-order valence-electron chi connectivity index (χ3n) is 4.37. The zero-order valence-corrected chi connectivity index (χ0v) is 25.7. The van der Waals surface area contributed by atoms with Gasteiger partial charge in [0.25, 0.3) is 10.0 Å². The molecule has 1 unspecified atom stereocenters. The van der Waals surface area contributed by atoms with Crippen LogP contribution < -0.4 is 0 Å². The largest absolute Gasteiger partial charge is 0.481 e. The van der Waals surface area contributed by atoms with Gasteiger partial charge in [0.05, 0.1) is 32.3 Å². The highest BCUT2D eigenvalue weighted by atomic mass is 79.9. The Balaban J connectivity index is 2.74. The number of thiol groups is 1. The summed E-state index contributed by atoms with van der Waals surface area (Å²) in [6.07, 6.45) is 3.00. The molecule has 0 bridgehead atoms. The van der Waals surface area contributed by atoms with Crippen LogP contribution >= 0.6 is 40.3 Å². The van der Waals surface area contributed by atoms with E-state index in [1.807, 2.05) is 0 Å². The summed E-state index contributed by atoms with van der Waals surface area (Å²) < 4.78 is 55.9. The minimum absolute atomic E-state index is 0.0128. The smallest absolute Gasteiger partial charge is 0.338 e. The number of carbonyl (C=O) groups excluding carboxylic acids is 1. The molecule has 13 heteroatoms. The van der Waals surface area contributed by atoms with Crippen molar-refractivity contribution in [2.75, 3.05) is 13.4 Å². The number of benzene rings is 2. The van der Waals surface area contributed by atoms with Crippen molar-refractivity contribution in [2.45, 2.75) is 36.2 Å². The fourth-order valence-corrected chi connectivity index (χ4v) is 8.44. The number of esters is 1. The van der Waals surface area contributed by atoms with Crippen LogP contribution in [0.4, 0.5) is 0 Å². The number of allylic oxidation sites excluding steroid dienone is 1. The fourth-order valence-electron chi connectivity index (χ4n) is 2.74. The zero-order valence-electron chi connectivity index (χ0n) is 20.7. The van der Waals surface area contributed by atoms with Crippen LogP contribution in [0.25, 0.3) is 0 Å². The molecule has 37 heavy (non-hydrogen) atoms. The van der Waals surface area contributed by atoms with Crippen molar-refractivity contribution in [3.05, 3.63) is 79.9 Å². The summed E-state index contributed by atoms with van der Waals surface area (Å²) in [7, 11) is -7.01. The van der Waals surface area contributed by atoms with E-state index in [-0.39, 0.29) is 31.1 Å². The average molecular weight is 648 g/mol. The highest BCUT2D eigenvalue weighted by Gasteiger charge is 2.26. The van der Waals surface area contributed by atoms with E-state index in [1.165, 1.54) is 66.8 Å². The Morgan fingerprint density at radius 3 is 2.24 bits per heavy atom. The SMILES string of the molecule is COC(=N)/C(S)=C/C(=C/SC)S(=O)(=NS(=O)(=O)c1ccc(C(=O)OC(C)(C)C)cc1)c1cccc(Br)c1. The van der Waals surface area contributed by atoms with E-state index < -0.39 is 31.3 Å². The van der Waals surface area contributed by atoms with Crippen LogP contribution in [0.15, 0.2) is 87.9 Å². The number of methoxy groups -OCH3 is 1. The van der Waals surface area contributed by atoms with Gasteiger partial charge in [0.2, 0.25) is 5.90 Å². The molecule has 0 aliphatic heterocycles. The molecule has 8 nitrogen and oxygen atoms in total. The molecule has 200 valence electrons. The predicted molar refractivity (Wildman–Crippen MR) is 155 cm³/mol. The van der Waals surface area contributed by atoms with E-state index in [2.05, 4.69) is 32.3 Å². The first kappa shape index (κ1) is 31.2. The Morgan fingerprint density at radius 2 is 1.73 bits per heavy atom. The summed E-state index contributed by atoms with van der Waals surface area (Å²) in [5.74, 6) is -0.907. The van der Waals surface area contributed by atoms with Gasteiger partial charge in [-0.25, -0.2) is 9.00 Å². The van der Waals surface area contributed by atoms with Gasteiger partial charge in [-0.05, 0) is 81.0 Å². The first-order chi connectivity index (χ1) is 17.1. The second kappa shape index (κ2) is 12.7. The number of hydrogen-bond acceptors (Lipinski definition) is 9. The number of ether oxygens (including phenoxy) is 2. The number of sulfonamides is 1. The highest BCUT2D eigenvalue weighted by molar-refractivity contribution is 9.10. The molecule has 1 N–H and O–H groups in total. The summed E-state index contributed by atoms with van der Waals surface area (Å²) >= 11 is 8.74. The Bertz CT molecular complexity index is 1470. The van der Waals surface area contributed by atoms with Gasteiger partial charge in [0.15, 0.2) is 0 Å². The molecule has 1 atom stereocenters. The van der Waals surface area contributed by atoms with Crippen molar-refractivity contribution in [3.63, 3.8) is 0 Å². The summed E-state index contributed by atoms with van der Waals surface area (Å²) in [4.78, 5) is 12.2. The summed E-state index contributed by atoms with van der Waals surface area (Å²) in [6, 6.07) is 11.3. The first-order valence-electron chi connectivity index (χ1n) is 10.5. The number of carbonyl (C=O) groups is 1. The normalized spacial score (nSPS) is 14.5. The van der Waals surface area contributed by atoms with Gasteiger partial charge in [-0.1, -0.05) is 25.8 Å². The molecule has 0 fully saturated rings. The van der Waals surface area contributed by atoms with Crippen LogP contribution in [-0.2, 0) is 29.2 Å². The van der Waals surface area contributed by atoms with Crippen LogP contribution in [0.1, 0.15) is 31.1 Å². The molecule has 2 aromatic carbocycles. The van der Waals surface area contributed by atoms with Gasteiger partial charge in [-0.2, -0.15) is 8.42 Å². The van der Waals surface area contributed by atoms with Crippen molar-refractivity contribution in [1.82, 2.24) is 0 Å². The predicted octanol–water partition coefficient (Wildman–Crippen LogP) is 6.26. The van der Waals surface area contributed by atoms with Gasteiger partial charge < -0.3 is 9.47 Å². The molecule has 0 saturated carbocycles. The van der Waals surface area contributed by atoms with E-state index in [4.69, 9.17) is 14.9 Å². The van der Waals surface area contributed by atoms with Crippen LogP contribution in [0.2, 0.25) is 0 Å². The fraction of sp³-hybridized carbons (Fsp3) is 0.250. The molecule has 0 aliphatic rings. The highest BCUT2D eigenvalue weighted by Crippen LogP contribution is 2.31. The van der Waals surface area contributed by atoms with E-state index in [0.29, 0.717) is 4.47 Å². The lowest BCUT2D eigenvalue weighted by molar-refractivity contribution is 0.00693. The summed E-state index contributed by atoms with van der Waals surface area (Å²) in [5, 5.41) is 9.33. The Hall–Kier alpha value is -2.06. The molecule has 0 amide bonds. The molecule has 0 aromatic heterocycles. The molecule has 0 heterocycles. The van der Waals surface area contributed by atoms with Crippen LogP contribution in [-0.4, -0.2) is 43.5 Å². The molecule has 0 spiro atoms. The molecule has 2 rings (SSSR count). The molecule has 0 aliphatic carbocycles. The van der Waals surface area contributed by atoms with Gasteiger partial charge >= 0.3 is 5.97 Å². The molecular weight excluding hydrogens is 620 g/mol. The lowest BCUT2D eigenvalue weighted by Crippen LogP contribution is -2.23. The quantitative estimate of drug-likeness (QED) is 0.114. The number of nitrogens with one attached hydrogen (secondary N) is 1. The van der Waals surface area contributed by atoms with Gasteiger partial charge in [-0.3, -0.25) is 5.41 Å². The first-order valence-corrected chi connectivity index (χ1v) is 16.0. The molecule has 2 aromatic rings. The van der Waals surface area contributed by atoms with E-state index in [0.717, 1.165) is 0 Å². The number of rotatable bonds is 8. The second-order valence-electron chi connectivity index (χ2n) is 8.38. The Kier molecular flexibility index (Phi) is 10.7. The van der Waals surface area contributed by atoms with Gasteiger partial charge in [0.1, 0.15) is 15.3 Å². The number of thioether (sulfide) groups is 1. The van der Waals surface area contributed by atoms with Gasteiger partial charge in [-0.15, -0.1) is 24.4 Å². The van der Waals surface area contributed by atoms with E-state index in [1.54, 1.807) is 39.2 Å². The number of nitrogens with zero attached hydrogens (tertiary/aromatic N) is 1. The van der Waals surface area contributed by atoms with Crippen LogP contribution in [0.3, 0.4) is 0 Å². The molecular formula is C24H27BrN2O6S4. The van der Waals surface area contributed by atoms with Crippen molar-refractivity contribution in [2.24, 2.45) is 3.77 Å². The van der Waals surface area contributed by atoms with Crippen molar-refractivity contribution in [3.8, 4) is 0 Å². The van der Waals surface area contributed by atoms with Crippen molar-refractivity contribution >= 4 is 71.9 Å². The zero-order chi connectivity index (χ0) is 28.0. The monoisotopic (exact) mass is 646 g/mol. The van der Waals surface area contributed by atoms with Gasteiger partial charge in [0, 0.05) is 4.47 Å². The van der Waals surface area contributed by atoms with Crippen LogP contribution in [0, 0.1) is 5.41 Å². The van der Waals surface area contributed by atoms with Crippen molar-refractivity contribution in [1.29, 1.82) is 5.41 Å². The lowest BCUT2D eigenvalue weighted by atomic mass is 10.2. The maximum Gasteiger partial charge on any atom is 0.338 e. The number of hydrogen-bond donors (Lipinski definition) is 2. The minimum atomic E-state index is -4.49. The lowest BCUT2D eigenvalue weighted by Gasteiger charge is -2.19. The second-order valence-corrected chi connectivity index (χ2v) is 14.5. The Morgan fingerprint density at radius 1 is 1.11 bits per heavy atom. The summed E-state index contributed by atoms with van der Waals surface area (Å²) in [6.45, 7) is 5.17. The maximum atomic E-state index is 14.5. The summed E-state index contributed by atoms with van der Waals surface area (Å²) in [5.41, 5.74) is -0.559. The van der Waals surface area contributed by atoms with Crippen LogP contribution in [0.5, 0.6) is 0 Å². The third kappa shape index (κ3) is 8.47. The third-order valence-corrected chi connectivity index (χ3v) is 10.1. The maximum absolute atomic E-state index is 14.5. The van der Waals surface area contributed by atoms with E-state index >= 15 is 0 Å². The minimum Gasteiger partial charge on any atom is -0.481 e. The van der Waals surface area contributed by atoms with Crippen molar-refractivity contribution < 1.29 is 26.9 Å². The van der Waals surface area contributed by atoms with E-state index in [9.17, 15) is 17.4 Å². The average Bonchev–Trinajstić information content (AvgIpc) is 2.81. The standard InChI is InChI=1S/C24H27BrN2O6S4/c1-24(2,3)33-23(28)16-9-11-18(12-10-16)37(30,31)27-36(29,19-8-6-7-17(25)13-19)20(15-35-5)14-21(34)22(26)32-4/h6-15,26,34H,1-5H3/b20-15-,21-14-,26-22?. The number of halogens is 1. The Labute approximate surface area is 236 Å². The topological polar surface area (TPSA) is 123 Å².